The number of carbonyl (C=O) groups excluding carboxylic acids is 1. The Bertz CT molecular complexity index is 572. The van der Waals surface area contributed by atoms with Crippen LogP contribution in [0, 0.1) is 0 Å². The Labute approximate surface area is 134 Å². The standard InChI is InChI=1S/C17H18INO/c1-19(2)17(18)12-10-14(11-13-17)8-9-16(20)15-6-4-3-5-7-15/h3-12H,13H2,1-2H3. The van der Waals surface area contributed by atoms with Crippen molar-refractivity contribution in [2.75, 3.05) is 14.1 Å². The van der Waals surface area contributed by atoms with E-state index in [1.165, 1.54) is 0 Å². The molecule has 0 N–H and O–H groups in total. The van der Waals surface area contributed by atoms with E-state index in [1.807, 2.05) is 36.4 Å². The van der Waals surface area contributed by atoms with Gasteiger partial charge in [0, 0.05) is 5.56 Å². The maximum atomic E-state index is 12.0. The lowest BCUT2D eigenvalue weighted by molar-refractivity contribution is 0.104. The number of rotatable bonds is 4. The third kappa shape index (κ3) is 3.67. The van der Waals surface area contributed by atoms with Gasteiger partial charge in [-0.15, -0.1) is 0 Å². The van der Waals surface area contributed by atoms with Gasteiger partial charge in [0.05, 0.1) is 3.55 Å². The van der Waals surface area contributed by atoms with Crippen molar-refractivity contribution in [1.82, 2.24) is 4.90 Å². The molecule has 1 aliphatic carbocycles. The normalized spacial score (nSPS) is 22.3. The number of carbonyl (C=O) groups is 1. The van der Waals surface area contributed by atoms with Crippen LogP contribution in [0.15, 0.2) is 66.3 Å². The first-order valence-corrected chi connectivity index (χ1v) is 7.62. The van der Waals surface area contributed by atoms with E-state index in [9.17, 15) is 4.79 Å². The lowest BCUT2D eigenvalue weighted by atomic mass is 10.0. The summed E-state index contributed by atoms with van der Waals surface area (Å²) in [5.41, 5.74) is 1.81. The van der Waals surface area contributed by atoms with E-state index in [0.29, 0.717) is 0 Å². The SMILES string of the molecule is CN(C)C1(I)C=CC(C=CC(=O)c2ccccc2)=CC1. The number of likely N-dealkylation sites (N-methyl/N-ethyl adjacent to an activating group) is 1. The minimum atomic E-state index is 0.0402. The van der Waals surface area contributed by atoms with Gasteiger partial charge < -0.3 is 0 Å². The van der Waals surface area contributed by atoms with Gasteiger partial charge >= 0.3 is 0 Å². The number of halogens is 1. The highest BCUT2D eigenvalue weighted by Crippen LogP contribution is 2.32. The van der Waals surface area contributed by atoms with Gasteiger partial charge in [-0.05, 0) is 32.2 Å². The molecule has 3 heteroatoms. The molecule has 1 aromatic carbocycles. The molecule has 1 atom stereocenters. The number of allylic oxidation sites excluding steroid dienone is 4. The molecule has 0 saturated carbocycles. The number of hydrogen-bond donors (Lipinski definition) is 0. The summed E-state index contributed by atoms with van der Waals surface area (Å²) >= 11 is 2.44. The Balaban J connectivity index is 2.03. The number of ketones is 1. The minimum Gasteiger partial charge on any atom is -0.292 e. The molecule has 0 bridgehead atoms. The largest absolute Gasteiger partial charge is 0.292 e. The van der Waals surface area contributed by atoms with Crippen LogP contribution in [0.1, 0.15) is 16.8 Å². The molecule has 1 aliphatic rings. The van der Waals surface area contributed by atoms with E-state index < -0.39 is 0 Å². The number of benzene rings is 1. The molecule has 0 aromatic heterocycles. The summed E-state index contributed by atoms with van der Waals surface area (Å²) in [6.07, 6.45) is 10.9. The number of hydrogen-bond acceptors (Lipinski definition) is 2. The first-order valence-electron chi connectivity index (χ1n) is 6.54. The molecule has 0 spiro atoms. The Morgan fingerprint density at radius 1 is 1.30 bits per heavy atom. The average molecular weight is 379 g/mol. The smallest absolute Gasteiger partial charge is 0.185 e. The van der Waals surface area contributed by atoms with Crippen LogP contribution in [0.3, 0.4) is 0 Å². The molecule has 20 heavy (non-hydrogen) atoms. The summed E-state index contributed by atoms with van der Waals surface area (Å²) in [6, 6.07) is 9.33. The molecule has 0 radical (unpaired) electrons. The van der Waals surface area contributed by atoms with Gasteiger partial charge in [0.15, 0.2) is 5.78 Å². The lowest BCUT2D eigenvalue weighted by Crippen LogP contribution is -2.36. The van der Waals surface area contributed by atoms with Crippen molar-refractivity contribution in [3.63, 3.8) is 0 Å². The summed E-state index contributed by atoms with van der Waals surface area (Å²) < 4.78 is 0.0402. The van der Waals surface area contributed by atoms with Gasteiger partial charge in [0.1, 0.15) is 0 Å². The van der Waals surface area contributed by atoms with Crippen LogP contribution in [-0.2, 0) is 0 Å². The number of nitrogens with zero attached hydrogens (tertiary/aromatic N) is 1. The molecule has 0 aliphatic heterocycles. The summed E-state index contributed by atoms with van der Waals surface area (Å²) in [4.78, 5) is 14.2. The van der Waals surface area contributed by atoms with Crippen LogP contribution >= 0.6 is 22.6 Å². The molecule has 0 heterocycles. The van der Waals surface area contributed by atoms with Crippen molar-refractivity contribution in [3.05, 3.63) is 71.8 Å². The van der Waals surface area contributed by atoms with Crippen molar-refractivity contribution in [2.45, 2.75) is 9.97 Å². The van der Waals surface area contributed by atoms with Crippen molar-refractivity contribution in [3.8, 4) is 0 Å². The number of alkyl halides is 1. The molecule has 104 valence electrons. The van der Waals surface area contributed by atoms with Gasteiger partial charge in [-0.25, -0.2) is 0 Å². The molecule has 0 amide bonds. The zero-order valence-corrected chi connectivity index (χ0v) is 13.9. The lowest BCUT2D eigenvalue weighted by Gasteiger charge is -2.32. The highest BCUT2D eigenvalue weighted by Gasteiger charge is 2.26. The van der Waals surface area contributed by atoms with Crippen molar-refractivity contribution < 1.29 is 4.79 Å². The van der Waals surface area contributed by atoms with Gasteiger partial charge in [0.2, 0.25) is 0 Å². The van der Waals surface area contributed by atoms with E-state index in [0.717, 1.165) is 17.6 Å². The second-order valence-electron chi connectivity index (χ2n) is 5.02. The van der Waals surface area contributed by atoms with Gasteiger partial charge in [-0.1, -0.05) is 77.2 Å². The maximum absolute atomic E-state index is 12.0. The quantitative estimate of drug-likeness (QED) is 0.259. The zero-order chi connectivity index (χ0) is 14.6. The zero-order valence-electron chi connectivity index (χ0n) is 11.7. The fourth-order valence-electron chi connectivity index (χ4n) is 1.95. The summed E-state index contributed by atoms with van der Waals surface area (Å²) in [5, 5.41) is 0. The third-order valence-corrected chi connectivity index (χ3v) is 5.15. The van der Waals surface area contributed by atoms with Crippen LogP contribution in [0.5, 0.6) is 0 Å². The Morgan fingerprint density at radius 2 is 2.00 bits per heavy atom. The predicted octanol–water partition coefficient (Wildman–Crippen LogP) is 4.00. The summed E-state index contributed by atoms with van der Waals surface area (Å²) in [6.45, 7) is 0. The third-order valence-electron chi connectivity index (χ3n) is 3.38. The molecule has 0 saturated heterocycles. The van der Waals surface area contributed by atoms with Gasteiger partial charge in [-0.3, -0.25) is 9.69 Å². The Morgan fingerprint density at radius 3 is 2.55 bits per heavy atom. The fraction of sp³-hybridized carbons (Fsp3) is 0.235. The first kappa shape index (κ1) is 15.2. The van der Waals surface area contributed by atoms with Crippen LogP contribution < -0.4 is 0 Å². The van der Waals surface area contributed by atoms with Gasteiger partial charge in [-0.2, -0.15) is 0 Å². The van der Waals surface area contributed by atoms with Crippen LogP contribution in [0.4, 0.5) is 0 Å². The Hall–Kier alpha value is -1.20. The highest BCUT2D eigenvalue weighted by atomic mass is 127. The van der Waals surface area contributed by atoms with E-state index in [4.69, 9.17) is 0 Å². The molecule has 2 rings (SSSR count). The van der Waals surface area contributed by atoms with Crippen molar-refractivity contribution >= 4 is 28.4 Å². The Kier molecular flexibility index (Phi) is 4.94. The van der Waals surface area contributed by atoms with E-state index in [2.05, 4.69) is 59.8 Å². The summed E-state index contributed by atoms with van der Waals surface area (Å²) in [5.74, 6) is 0.0406. The predicted molar refractivity (Wildman–Crippen MR) is 92.2 cm³/mol. The van der Waals surface area contributed by atoms with E-state index >= 15 is 0 Å². The molecule has 2 nitrogen and oxygen atoms in total. The average Bonchev–Trinajstić information content (AvgIpc) is 2.47. The summed E-state index contributed by atoms with van der Waals surface area (Å²) in [7, 11) is 4.15. The van der Waals surface area contributed by atoms with E-state index in [1.54, 1.807) is 6.08 Å². The molecule has 1 unspecified atom stereocenters. The van der Waals surface area contributed by atoms with Crippen LogP contribution in [0.25, 0.3) is 0 Å². The molecule has 0 fully saturated rings. The topological polar surface area (TPSA) is 20.3 Å². The second kappa shape index (κ2) is 6.50. The molecule has 1 aromatic rings. The molecular formula is C17H18INO. The molecular weight excluding hydrogens is 361 g/mol. The monoisotopic (exact) mass is 379 g/mol. The first-order chi connectivity index (χ1) is 9.51. The minimum absolute atomic E-state index is 0.0402. The van der Waals surface area contributed by atoms with Crippen LogP contribution in [0.2, 0.25) is 0 Å². The van der Waals surface area contributed by atoms with E-state index in [-0.39, 0.29) is 9.33 Å². The fourth-order valence-corrected chi connectivity index (χ4v) is 2.35. The second-order valence-corrected chi connectivity index (χ2v) is 6.89. The maximum Gasteiger partial charge on any atom is 0.185 e. The van der Waals surface area contributed by atoms with Crippen molar-refractivity contribution in [1.29, 1.82) is 0 Å². The van der Waals surface area contributed by atoms with Gasteiger partial charge in [0.25, 0.3) is 0 Å². The highest BCUT2D eigenvalue weighted by molar-refractivity contribution is 14.1. The van der Waals surface area contributed by atoms with Crippen molar-refractivity contribution in [2.24, 2.45) is 0 Å². The van der Waals surface area contributed by atoms with Crippen LogP contribution in [-0.4, -0.2) is 28.3 Å².